The van der Waals surface area contributed by atoms with E-state index in [2.05, 4.69) is 23.7 Å². The van der Waals surface area contributed by atoms with Crippen LogP contribution in [-0.2, 0) is 6.42 Å². The molecule has 1 saturated heterocycles. The lowest BCUT2D eigenvalue weighted by Gasteiger charge is -2.36. The Hall–Kier alpha value is -1.09. The van der Waals surface area contributed by atoms with Crippen molar-refractivity contribution in [3.8, 4) is 0 Å². The summed E-state index contributed by atoms with van der Waals surface area (Å²) in [5.41, 5.74) is 1.82. The molecule has 1 unspecified atom stereocenters. The molecule has 2 heterocycles. The van der Waals surface area contributed by atoms with Gasteiger partial charge in [0.05, 0.1) is 0 Å². The summed E-state index contributed by atoms with van der Waals surface area (Å²) >= 11 is 0. The van der Waals surface area contributed by atoms with Crippen molar-refractivity contribution in [2.45, 2.75) is 58.4 Å². The Morgan fingerprint density at radius 1 is 1.24 bits per heavy atom. The van der Waals surface area contributed by atoms with Crippen molar-refractivity contribution >= 4 is 0 Å². The Labute approximate surface area is 127 Å². The molecule has 116 valence electrons. The minimum absolute atomic E-state index is 0.00239. The summed E-state index contributed by atoms with van der Waals surface area (Å²) in [6, 6.07) is 4.45. The topological polar surface area (TPSA) is 36.1 Å². The molecular weight excluding hydrogens is 260 g/mol. The number of pyridine rings is 1. The van der Waals surface area contributed by atoms with Crippen molar-refractivity contribution < 1.29 is 0 Å². The summed E-state index contributed by atoms with van der Waals surface area (Å²) in [7, 11) is 0. The van der Waals surface area contributed by atoms with E-state index in [4.69, 9.17) is 0 Å². The summed E-state index contributed by atoms with van der Waals surface area (Å²) in [6.45, 7) is 7.34. The monoisotopic (exact) mass is 288 g/mol. The standard InChI is InChI=1S/C18H28N2O/c1-18(2)8-5-16(12-18)20-9-6-14(7-10-20)11-15-3-4-17(21)19-13-15/h3-4,13-14,16H,5-12H2,1-2H3,(H,19,21). The minimum atomic E-state index is -0.00239. The smallest absolute Gasteiger partial charge is 0.247 e. The van der Waals surface area contributed by atoms with Crippen molar-refractivity contribution in [2.24, 2.45) is 11.3 Å². The van der Waals surface area contributed by atoms with E-state index in [1.807, 2.05) is 12.3 Å². The zero-order valence-electron chi connectivity index (χ0n) is 13.4. The van der Waals surface area contributed by atoms with Crippen molar-refractivity contribution in [3.05, 3.63) is 34.2 Å². The molecule has 1 aliphatic heterocycles. The molecule has 3 rings (SSSR count). The Morgan fingerprint density at radius 3 is 2.57 bits per heavy atom. The number of nitrogens with zero attached hydrogens (tertiary/aromatic N) is 1. The molecule has 0 spiro atoms. The number of hydrogen-bond acceptors (Lipinski definition) is 2. The fourth-order valence-electron chi connectivity index (χ4n) is 4.14. The van der Waals surface area contributed by atoms with Crippen LogP contribution in [0.1, 0.15) is 51.5 Å². The molecule has 1 atom stereocenters. The number of aromatic amines is 1. The highest BCUT2D eigenvalue weighted by Crippen LogP contribution is 2.40. The van der Waals surface area contributed by atoms with Crippen LogP contribution in [0.15, 0.2) is 23.1 Å². The van der Waals surface area contributed by atoms with Crippen molar-refractivity contribution in [2.75, 3.05) is 13.1 Å². The van der Waals surface area contributed by atoms with Gasteiger partial charge >= 0.3 is 0 Å². The van der Waals surface area contributed by atoms with Crippen LogP contribution >= 0.6 is 0 Å². The van der Waals surface area contributed by atoms with E-state index in [1.54, 1.807) is 6.07 Å². The van der Waals surface area contributed by atoms with Gasteiger partial charge < -0.3 is 9.88 Å². The van der Waals surface area contributed by atoms with E-state index in [-0.39, 0.29) is 5.56 Å². The van der Waals surface area contributed by atoms with Crippen LogP contribution < -0.4 is 5.56 Å². The molecule has 0 radical (unpaired) electrons. The maximum atomic E-state index is 11.1. The Morgan fingerprint density at radius 2 is 2.00 bits per heavy atom. The molecule has 1 aromatic rings. The third kappa shape index (κ3) is 3.76. The van der Waals surface area contributed by atoms with Gasteiger partial charge in [-0.1, -0.05) is 19.9 Å². The number of nitrogens with one attached hydrogen (secondary N) is 1. The summed E-state index contributed by atoms with van der Waals surface area (Å²) in [4.78, 5) is 16.6. The largest absolute Gasteiger partial charge is 0.329 e. The normalized spacial score (nSPS) is 27.0. The molecule has 1 saturated carbocycles. The van der Waals surface area contributed by atoms with Crippen molar-refractivity contribution in [1.82, 2.24) is 9.88 Å². The summed E-state index contributed by atoms with van der Waals surface area (Å²) in [5, 5.41) is 0. The second-order valence-corrected chi connectivity index (χ2v) is 7.81. The van der Waals surface area contributed by atoms with Gasteiger partial charge in [0.25, 0.3) is 0 Å². The number of H-pyrrole nitrogens is 1. The van der Waals surface area contributed by atoms with E-state index in [9.17, 15) is 4.79 Å². The van der Waals surface area contributed by atoms with E-state index in [0.717, 1.165) is 18.4 Å². The molecule has 3 nitrogen and oxygen atoms in total. The SMILES string of the molecule is CC1(C)CCC(N2CCC(Cc3ccc(=O)[nH]c3)CC2)C1. The first-order chi connectivity index (χ1) is 10.0. The van der Waals surface area contributed by atoms with Crippen molar-refractivity contribution in [1.29, 1.82) is 0 Å². The number of likely N-dealkylation sites (tertiary alicyclic amines) is 1. The fraction of sp³-hybridized carbons (Fsp3) is 0.722. The maximum Gasteiger partial charge on any atom is 0.247 e. The Balaban J connectivity index is 1.49. The molecule has 0 amide bonds. The van der Waals surface area contributed by atoms with Crippen LogP contribution in [-0.4, -0.2) is 29.0 Å². The summed E-state index contributed by atoms with van der Waals surface area (Å²) in [5.74, 6) is 0.779. The van der Waals surface area contributed by atoms with Gasteiger partial charge in [0.2, 0.25) is 5.56 Å². The molecule has 1 aromatic heterocycles. The molecule has 1 N–H and O–H groups in total. The van der Waals surface area contributed by atoms with Crippen LogP contribution in [0.5, 0.6) is 0 Å². The van der Waals surface area contributed by atoms with E-state index in [1.165, 1.54) is 50.8 Å². The van der Waals surface area contributed by atoms with Gasteiger partial charge in [0.15, 0.2) is 0 Å². The average molecular weight is 288 g/mol. The fourth-order valence-corrected chi connectivity index (χ4v) is 4.14. The Bertz CT molecular complexity index is 506. The highest BCUT2D eigenvalue weighted by atomic mass is 16.1. The number of hydrogen-bond donors (Lipinski definition) is 1. The average Bonchev–Trinajstić information content (AvgIpc) is 2.83. The number of piperidine rings is 1. The maximum absolute atomic E-state index is 11.1. The van der Waals surface area contributed by atoms with E-state index < -0.39 is 0 Å². The van der Waals surface area contributed by atoms with E-state index >= 15 is 0 Å². The molecule has 3 heteroatoms. The van der Waals surface area contributed by atoms with Gasteiger partial charge in [0, 0.05) is 18.3 Å². The van der Waals surface area contributed by atoms with Crippen molar-refractivity contribution in [3.63, 3.8) is 0 Å². The molecule has 2 fully saturated rings. The minimum Gasteiger partial charge on any atom is -0.329 e. The van der Waals surface area contributed by atoms with Gasteiger partial charge in [-0.3, -0.25) is 4.79 Å². The molecule has 21 heavy (non-hydrogen) atoms. The predicted molar refractivity (Wildman–Crippen MR) is 86.5 cm³/mol. The number of rotatable bonds is 3. The third-order valence-electron chi connectivity index (χ3n) is 5.48. The first-order valence-corrected chi connectivity index (χ1v) is 8.43. The molecule has 0 bridgehead atoms. The van der Waals surface area contributed by atoms with E-state index in [0.29, 0.717) is 5.41 Å². The molecule has 0 aromatic carbocycles. The second kappa shape index (κ2) is 5.96. The van der Waals surface area contributed by atoms with Gasteiger partial charge in [-0.2, -0.15) is 0 Å². The van der Waals surface area contributed by atoms with Crippen LogP contribution in [0.4, 0.5) is 0 Å². The first-order valence-electron chi connectivity index (χ1n) is 8.43. The van der Waals surface area contributed by atoms with Crippen LogP contribution in [0.3, 0.4) is 0 Å². The predicted octanol–water partition coefficient (Wildman–Crippen LogP) is 3.21. The summed E-state index contributed by atoms with van der Waals surface area (Å²) < 4.78 is 0. The molecule has 1 aliphatic carbocycles. The lowest BCUT2D eigenvalue weighted by atomic mass is 9.89. The second-order valence-electron chi connectivity index (χ2n) is 7.81. The third-order valence-corrected chi connectivity index (χ3v) is 5.48. The number of aromatic nitrogens is 1. The van der Waals surface area contributed by atoms with Crippen LogP contribution in [0, 0.1) is 11.3 Å². The van der Waals surface area contributed by atoms with Gasteiger partial charge in [-0.15, -0.1) is 0 Å². The van der Waals surface area contributed by atoms with Crippen LogP contribution in [0.2, 0.25) is 0 Å². The van der Waals surface area contributed by atoms with Gasteiger partial charge in [-0.25, -0.2) is 0 Å². The quantitative estimate of drug-likeness (QED) is 0.927. The summed E-state index contributed by atoms with van der Waals surface area (Å²) in [6.07, 6.45) is 9.74. The zero-order valence-corrected chi connectivity index (χ0v) is 13.4. The molecular formula is C18H28N2O. The lowest BCUT2D eigenvalue weighted by molar-refractivity contribution is 0.127. The van der Waals surface area contributed by atoms with Gasteiger partial charge in [0.1, 0.15) is 0 Å². The van der Waals surface area contributed by atoms with Gasteiger partial charge in [-0.05, 0) is 68.5 Å². The highest BCUT2D eigenvalue weighted by molar-refractivity contribution is 5.09. The van der Waals surface area contributed by atoms with Crippen LogP contribution in [0.25, 0.3) is 0 Å². The lowest BCUT2D eigenvalue weighted by Crippen LogP contribution is -2.41. The Kier molecular flexibility index (Phi) is 4.21. The first kappa shape index (κ1) is 14.8. The zero-order chi connectivity index (χ0) is 14.9. The molecule has 2 aliphatic rings. The highest BCUT2D eigenvalue weighted by Gasteiger charge is 2.35.